The minimum absolute atomic E-state index is 0.241. The number of piperidine rings is 1. The van der Waals surface area contributed by atoms with Crippen molar-refractivity contribution in [3.8, 4) is 0 Å². The van der Waals surface area contributed by atoms with Crippen LogP contribution < -0.4 is 5.32 Å². The van der Waals surface area contributed by atoms with Gasteiger partial charge < -0.3 is 5.32 Å². The molecule has 2 rings (SSSR count). The first kappa shape index (κ1) is 14.5. The van der Waals surface area contributed by atoms with E-state index in [0.29, 0.717) is 0 Å². The van der Waals surface area contributed by atoms with Crippen LogP contribution in [-0.4, -0.2) is 39.9 Å². The van der Waals surface area contributed by atoms with Crippen molar-refractivity contribution in [2.24, 2.45) is 13.0 Å². The van der Waals surface area contributed by atoms with Crippen LogP contribution in [0.4, 0.5) is 0 Å². The Morgan fingerprint density at radius 2 is 2.00 bits per heavy atom. The molecule has 0 spiro atoms. The van der Waals surface area contributed by atoms with Crippen molar-refractivity contribution in [2.75, 3.05) is 19.6 Å². The smallest absolute Gasteiger partial charge is 0.0764 e. The summed E-state index contributed by atoms with van der Waals surface area (Å²) in [4.78, 5) is 2.52. The van der Waals surface area contributed by atoms with Crippen LogP contribution in [0.25, 0.3) is 0 Å². The molecule has 0 saturated carbocycles. The Morgan fingerprint density at radius 3 is 2.53 bits per heavy atom. The van der Waals surface area contributed by atoms with Gasteiger partial charge in [-0.2, -0.15) is 5.10 Å². The lowest BCUT2D eigenvalue weighted by molar-refractivity contribution is 0.168. The number of nitrogens with zero attached hydrogens (tertiary/aromatic N) is 3. The fraction of sp³-hybridized carbons (Fsp3) is 0.800. The van der Waals surface area contributed by atoms with Gasteiger partial charge in [-0.3, -0.25) is 9.58 Å². The highest BCUT2D eigenvalue weighted by molar-refractivity contribution is 4.98. The molecule has 1 saturated heterocycles. The van der Waals surface area contributed by atoms with Crippen LogP contribution >= 0.6 is 0 Å². The van der Waals surface area contributed by atoms with E-state index in [-0.39, 0.29) is 5.54 Å². The average molecular weight is 264 g/mol. The average Bonchev–Trinajstić information content (AvgIpc) is 2.73. The highest BCUT2D eigenvalue weighted by Crippen LogP contribution is 2.18. The molecule has 108 valence electrons. The van der Waals surface area contributed by atoms with E-state index < -0.39 is 0 Å². The van der Waals surface area contributed by atoms with Gasteiger partial charge in [-0.25, -0.2) is 0 Å². The Balaban J connectivity index is 1.70. The third kappa shape index (κ3) is 4.96. The number of likely N-dealkylation sites (tertiary alicyclic amines) is 1. The first-order valence-electron chi connectivity index (χ1n) is 7.38. The minimum Gasteiger partial charge on any atom is -0.312 e. The standard InChI is InChI=1S/C15H28N4/c1-15(2,3)16-11-13-5-9-19(10-6-13)12-14-7-8-18(4)17-14/h7-8,13,16H,5-6,9-12H2,1-4H3. The Bertz CT molecular complexity index is 383. The molecule has 0 atom stereocenters. The SMILES string of the molecule is Cn1ccc(CN2CCC(CNC(C)(C)C)CC2)n1. The van der Waals surface area contributed by atoms with Crippen molar-refractivity contribution < 1.29 is 0 Å². The summed E-state index contributed by atoms with van der Waals surface area (Å²) in [6.07, 6.45) is 4.63. The van der Waals surface area contributed by atoms with Crippen molar-refractivity contribution >= 4 is 0 Å². The number of rotatable bonds is 4. The van der Waals surface area contributed by atoms with E-state index in [0.717, 1.165) is 19.0 Å². The van der Waals surface area contributed by atoms with Crippen molar-refractivity contribution in [1.82, 2.24) is 20.0 Å². The van der Waals surface area contributed by atoms with Crippen molar-refractivity contribution in [1.29, 1.82) is 0 Å². The van der Waals surface area contributed by atoms with Gasteiger partial charge in [0.2, 0.25) is 0 Å². The van der Waals surface area contributed by atoms with Gasteiger partial charge in [0.1, 0.15) is 0 Å². The summed E-state index contributed by atoms with van der Waals surface area (Å²) in [7, 11) is 1.98. The van der Waals surface area contributed by atoms with E-state index in [2.05, 4.69) is 42.2 Å². The largest absolute Gasteiger partial charge is 0.312 e. The quantitative estimate of drug-likeness (QED) is 0.903. The molecule has 0 bridgehead atoms. The summed E-state index contributed by atoms with van der Waals surface area (Å²) in [5.74, 6) is 0.833. The molecular formula is C15H28N4. The first-order chi connectivity index (χ1) is 8.92. The number of hydrogen-bond acceptors (Lipinski definition) is 3. The van der Waals surface area contributed by atoms with E-state index in [9.17, 15) is 0 Å². The molecule has 19 heavy (non-hydrogen) atoms. The van der Waals surface area contributed by atoms with Gasteiger partial charge in [0, 0.05) is 25.3 Å². The van der Waals surface area contributed by atoms with E-state index >= 15 is 0 Å². The topological polar surface area (TPSA) is 33.1 Å². The molecule has 1 aliphatic rings. The van der Waals surface area contributed by atoms with Crippen molar-refractivity contribution in [3.63, 3.8) is 0 Å². The van der Waals surface area contributed by atoms with Crippen LogP contribution in [0.5, 0.6) is 0 Å². The third-order valence-electron chi connectivity index (χ3n) is 3.78. The van der Waals surface area contributed by atoms with Crippen LogP contribution in [0.2, 0.25) is 0 Å². The molecule has 1 fully saturated rings. The highest BCUT2D eigenvalue weighted by atomic mass is 15.3. The second kappa shape index (κ2) is 6.06. The van der Waals surface area contributed by atoms with E-state index in [1.165, 1.54) is 31.6 Å². The molecular weight excluding hydrogens is 236 g/mol. The maximum atomic E-state index is 4.46. The Kier molecular flexibility index (Phi) is 4.63. The molecule has 1 aromatic rings. The summed E-state index contributed by atoms with van der Waals surface area (Å²) in [5, 5.41) is 8.08. The van der Waals surface area contributed by atoms with E-state index in [1.54, 1.807) is 0 Å². The van der Waals surface area contributed by atoms with Gasteiger partial charge in [-0.05, 0) is 65.2 Å². The molecule has 0 unspecified atom stereocenters. The normalized spacial score (nSPS) is 18.9. The third-order valence-corrected chi connectivity index (χ3v) is 3.78. The monoisotopic (exact) mass is 264 g/mol. The van der Waals surface area contributed by atoms with Gasteiger partial charge in [0.15, 0.2) is 0 Å². The zero-order valence-corrected chi connectivity index (χ0v) is 12.8. The van der Waals surface area contributed by atoms with Crippen LogP contribution in [0.3, 0.4) is 0 Å². The number of hydrogen-bond donors (Lipinski definition) is 1. The molecule has 2 heterocycles. The Hall–Kier alpha value is -0.870. The number of aromatic nitrogens is 2. The molecule has 0 aliphatic carbocycles. The summed E-state index contributed by atoms with van der Waals surface area (Å²) >= 11 is 0. The van der Waals surface area contributed by atoms with Crippen molar-refractivity contribution in [3.05, 3.63) is 18.0 Å². The molecule has 0 aromatic carbocycles. The minimum atomic E-state index is 0.241. The first-order valence-corrected chi connectivity index (χ1v) is 7.38. The second-order valence-corrected chi connectivity index (χ2v) is 6.83. The second-order valence-electron chi connectivity index (χ2n) is 6.83. The lowest BCUT2D eigenvalue weighted by Crippen LogP contribution is -2.42. The van der Waals surface area contributed by atoms with Gasteiger partial charge in [0.05, 0.1) is 5.69 Å². The lowest BCUT2D eigenvalue weighted by atomic mass is 9.95. The van der Waals surface area contributed by atoms with E-state index in [4.69, 9.17) is 0 Å². The molecule has 4 nitrogen and oxygen atoms in total. The fourth-order valence-corrected chi connectivity index (χ4v) is 2.58. The van der Waals surface area contributed by atoms with Gasteiger partial charge in [-0.15, -0.1) is 0 Å². The molecule has 4 heteroatoms. The molecule has 0 amide bonds. The van der Waals surface area contributed by atoms with Gasteiger partial charge in [0.25, 0.3) is 0 Å². The van der Waals surface area contributed by atoms with Crippen LogP contribution in [0.15, 0.2) is 12.3 Å². The Labute approximate surface area is 117 Å². The van der Waals surface area contributed by atoms with Gasteiger partial charge >= 0.3 is 0 Å². The highest BCUT2D eigenvalue weighted by Gasteiger charge is 2.21. The summed E-state index contributed by atoms with van der Waals surface area (Å²) in [6.45, 7) is 11.3. The Morgan fingerprint density at radius 1 is 1.32 bits per heavy atom. The number of aryl methyl sites for hydroxylation is 1. The molecule has 1 aliphatic heterocycles. The maximum absolute atomic E-state index is 4.46. The predicted molar refractivity (Wildman–Crippen MR) is 79.0 cm³/mol. The zero-order chi connectivity index (χ0) is 13.9. The summed E-state index contributed by atoms with van der Waals surface area (Å²) in [6, 6.07) is 2.12. The lowest BCUT2D eigenvalue weighted by Gasteiger charge is -2.33. The summed E-state index contributed by atoms with van der Waals surface area (Å²) < 4.78 is 1.88. The van der Waals surface area contributed by atoms with Crippen LogP contribution in [0.1, 0.15) is 39.3 Å². The van der Waals surface area contributed by atoms with Crippen LogP contribution in [0, 0.1) is 5.92 Å². The van der Waals surface area contributed by atoms with Crippen LogP contribution in [-0.2, 0) is 13.6 Å². The number of nitrogens with one attached hydrogen (secondary N) is 1. The molecule has 0 radical (unpaired) electrons. The van der Waals surface area contributed by atoms with Crippen molar-refractivity contribution in [2.45, 2.75) is 45.7 Å². The zero-order valence-electron chi connectivity index (χ0n) is 12.8. The molecule has 1 N–H and O–H groups in total. The maximum Gasteiger partial charge on any atom is 0.0764 e. The predicted octanol–water partition coefficient (Wildman–Crippen LogP) is 2.02. The van der Waals surface area contributed by atoms with Gasteiger partial charge in [-0.1, -0.05) is 0 Å². The summed E-state index contributed by atoms with van der Waals surface area (Å²) in [5.41, 5.74) is 1.43. The molecule has 1 aromatic heterocycles. The fourth-order valence-electron chi connectivity index (χ4n) is 2.58. The van der Waals surface area contributed by atoms with E-state index in [1.807, 2.05) is 17.9 Å².